The van der Waals surface area contributed by atoms with E-state index >= 15 is 0 Å². The molecule has 21 heavy (non-hydrogen) atoms. The molecule has 2 heterocycles. The van der Waals surface area contributed by atoms with Gasteiger partial charge < -0.3 is 10.3 Å². The van der Waals surface area contributed by atoms with E-state index in [-0.39, 0.29) is 16.7 Å². The molecule has 1 aliphatic rings. The fourth-order valence-electron chi connectivity index (χ4n) is 2.78. The Morgan fingerprint density at radius 3 is 2.95 bits per heavy atom. The topological polar surface area (TPSA) is 83.8 Å². The predicted octanol–water partition coefficient (Wildman–Crippen LogP) is 3.11. The van der Waals surface area contributed by atoms with E-state index in [4.69, 9.17) is 0 Å². The number of non-ortho nitro benzene ring substituents is 1. The molecule has 1 aliphatic heterocycles. The second kappa shape index (κ2) is 5.65. The van der Waals surface area contributed by atoms with E-state index in [1.54, 1.807) is 12.1 Å². The van der Waals surface area contributed by atoms with E-state index in [1.807, 2.05) is 13.0 Å². The highest BCUT2D eigenvalue weighted by atomic mass is 16.6. The minimum absolute atomic E-state index is 0.0900. The lowest BCUT2D eigenvalue weighted by molar-refractivity contribution is -0.384. The van der Waals surface area contributed by atoms with Gasteiger partial charge in [0.25, 0.3) is 5.69 Å². The summed E-state index contributed by atoms with van der Waals surface area (Å²) in [6.45, 7) is 2.96. The zero-order chi connectivity index (χ0) is 14.8. The Hall–Kier alpha value is -2.21. The van der Waals surface area contributed by atoms with Crippen LogP contribution in [-0.4, -0.2) is 21.4 Å². The van der Waals surface area contributed by atoms with Gasteiger partial charge in [-0.3, -0.25) is 10.1 Å². The normalized spacial score (nSPS) is 18.6. The molecule has 1 aromatic carbocycles. The number of nitrogens with zero attached hydrogens (tertiary/aromatic N) is 2. The first-order valence-electron chi connectivity index (χ1n) is 7.20. The number of H-pyrrole nitrogens is 1. The second-order valence-corrected chi connectivity index (χ2v) is 5.41. The number of benzene rings is 1. The summed E-state index contributed by atoms with van der Waals surface area (Å²) in [5.41, 5.74) is 2.60. The number of piperidine rings is 1. The number of nitrogens with one attached hydrogen (secondary N) is 2. The summed E-state index contributed by atoms with van der Waals surface area (Å²) in [5, 5.41) is 14.3. The van der Waals surface area contributed by atoms with Gasteiger partial charge in [-0.15, -0.1) is 0 Å². The molecule has 1 unspecified atom stereocenters. The molecule has 2 aromatic rings. The standard InChI is InChI=1S/C15H18N4O2/c1-10-14(11-5-4-6-12(9-11)19(20)21)18-15(17-10)13-7-2-3-8-16-13/h4-6,9,13,16H,2-3,7-8H2,1H3,(H,17,18). The lowest BCUT2D eigenvalue weighted by atomic mass is 10.0. The highest BCUT2D eigenvalue weighted by Crippen LogP contribution is 2.28. The molecule has 1 saturated heterocycles. The number of rotatable bonds is 3. The number of imidazole rings is 1. The minimum Gasteiger partial charge on any atom is -0.344 e. The molecular weight excluding hydrogens is 268 g/mol. The predicted molar refractivity (Wildman–Crippen MR) is 80.0 cm³/mol. The molecular formula is C15H18N4O2. The first-order chi connectivity index (χ1) is 10.1. The van der Waals surface area contributed by atoms with E-state index in [2.05, 4.69) is 15.3 Å². The molecule has 1 fully saturated rings. The summed E-state index contributed by atoms with van der Waals surface area (Å²) < 4.78 is 0. The molecule has 6 nitrogen and oxygen atoms in total. The zero-order valence-corrected chi connectivity index (χ0v) is 11.9. The van der Waals surface area contributed by atoms with Crippen LogP contribution in [0, 0.1) is 17.0 Å². The van der Waals surface area contributed by atoms with Crippen molar-refractivity contribution in [3.8, 4) is 11.3 Å². The molecule has 1 atom stereocenters. The molecule has 2 N–H and O–H groups in total. The van der Waals surface area contributed by atoms with Crippen molar-refractivity contribution in [3.05, 3.63) is 45.9 Å². The fourth-order valence-corrected chi connectivity index (χ4v) is 2.78. The van der Waals surface area contributed by atoms with Crippen LogP contribution in [0.4, 0.5) is 5.69 Å². The summed E-state index contributed by atoms with van der Waals surface area (Å²) in [6, 6.07) is 6.87. The Balaban J connectivity index is 1.93. The van der Waals surface area contributed by atoms with Gasteiger partial charge in [0.15, 0.2) is 0 Å². The van der Waals surface area contributed by atoms with Crippen molar-refractivity contribution in [2.75, 3.05) is 6.54 Å². The van der Waals surface area contributed by atoms with Crippen LogP contribution in [0.2, 0.25) is 0 Å². The van der Waals surface area contributed by atoms with Crippen molar-refractivity contribution in [2.24, 2.45) is 0 Å². The van der Waals surface area contributed by atoms with Gasteiger partial charge in [-0.05, 0) is 26.3 Å². The zero-order valence-electron chi connectivity index (χ0n) is 11.9. The Kier molecular flexibility index (Phi) is 3.70. The van der Waals surface area contributed by atoms with Crippen LogP contribution in [-0.2, 0) is 0 Å². The fraction of sp³-hybridized carbons (Fsp3) is 0.400. The van der Waals surface area contributed by atoms with Crippen molar-refractivity contribution in [1.29, 1.82) is 0 Å². The van der Waals surface area contributed by atoms with Gasteiger partial charge in [0, 0.05) is 23.4 Å². The van der Waals surface area contributed by atoms with Crippen molar-refractivity contribution in [3.63, 3.8) is 0 Å². The molecule has 0 saturated carbocycles. The monoisotopic (exact) mass is 286 g/mol. The van der Waals surface area contributed by atoms with Gasteiger partial charge in [0.05, 0.1) is 16.7 Å². The number of aromatic nitrogens is 2. The van der Waals surface area contributed by atoms with Gasteiger partial charge in [-0.25, -0.2) is 4.98 Å². The Morgan fingerprint density at radius 1 is 1.38 bits per heavy atom. The van der Waals surface area contributed by atoms with Crippen LogP contribution >= 0.6 is 0 Å². The van der Waals surface area contributed by atoms with Gasteiger partial charge in [-0.2, -0.15) is 0 Å². The Bertz CT molecular complexity index is 659. The second-order valence-electron chi connectivity index (χ2n) is 5.41. The molecule has 110 valence electrons. The largest absolute Gasteiger partial charge is 0.344 e. The minimum atomic E-state index is -0.380. The quantitative estimate of drug-likeness (QED) is 0.670. The highest BCUT2D eigenvalue weighted by molar-refractivity contribution is 5.64. The van der Waals surface area contributed by atoms with E-state index in [9.17, 15) is 10.1 Å². The number of hydrogen-bond acceptors (Lipinski definition) is 4. The first kappa shape index (κ1) is 13.8. The van der Waals surface area contributed by atoms with Gasteiger partial charge >= 0.3 is 0 Å². The van der Waals surface area contributed by atoms with Crippen molar-refractivity contribution >= 4 is 5.69 Å². The van der Waals surface area contributed by atoms with Gasteiger partial charge in [-0.1, -0.05) is 18.6 Å². The molecule has 6 heteroatoms. The van der Waals surface area contributed by atoms with Crippen molar-refractivity contribution < 1.29 is 4.92 Å². The van der Waals surface area contributed by atoms with E-state index in [0.717, 1.165) is 35.7 Å². The molecule has 0 radical (unpaired) electrons. The number of nitro benzene ring substituents is 1. The van der Waals surface area contributed by atoms with Gasteiger partial charge in [0.1, 0.15) is 5.82 Å². The molecule has 0 bridgehead atoms. The van der Waals surface area contributed by atoms with Crippen LogP contribution < -0.4 is 5.32 Å². The lowest BCUT2D eigenvalue weighted by Crippen LogP contribution is -2.27. The average molecular weight is 286 g/mol. The summed E-state index contributed by atoms with van der Waals surface area (Å²) in [7, 11) is 0. The number of nitro groups is 1. The summed E-state index contributed by atoms with van der Waals surface area (Å²) in [6.07, 6.45) is 3.47. The third-order valence-electron chi connectivity index (χ3n) is 3.87. The molecule has 0 amide bonds. The first-order valence-corrected chi connectivity index (χ1v) is 7.20. The smallest absolute Gasteiger partial charge is 0.270 e. The van der Waals surface area contributed by atoms with E-state index in [0.29, 0.717) is 0 Å². The lowest BCUT2D eigenvalue weighted by Gasteiger charge is -2.21. The maximum atomic E-state index is 10.9. The average Bonchev–Trinajstić information content (AvgIpc) is 2.90. The Morgan fingerprint density at radius 2 is 2.24 bits per heavy atom. The van der Waals surface area contributed by atoms with Crippen LogP contribution in [0.3, 0.4) is 0 Å². The number of aryl methyl sites for hydroxylation is 1. The number of aromatic amines is 1. The van der Waals surface area contributed by atoms with Crippen molar-refractivity contribution in [1.82, 2.24) is 15.3 Å². The highest BCUT2D eigenvalue weighted by Gasteiger charge is 2.20. The van der Waals surface area contributed by atoms with Crippen LogP contribution in [0.25, 0.3) is 11.3 Å². The maximum Gasteiger partial charge on any atom is 0.270 e. The van der Waals surface area contributed by atoms with Crippen molar-refractivity contribution in [2.45, 2.75) is 32.2 Å². The molecule has 0 spiro atoms. The van der Waals surface area contributed by atoms with E-state index in [1.165, 1.54) is 18.9 Å². The summed E-state index contributed by atoms with van der Waals surface area (Å²) in [5.74, 6) is 0.925. The van der Waals surface area contributed by atoms with Gasteiger partial charge in [0.2, 0.25) is 0 Å². The SMILES string of the molecule is Cc1[nH]c(C2CCCCN2)nc1-c1cccc([N+](=O)[O-])c1. The third-order valence-corrected chi connectivity index (χ3v) is 3.87. The number of hydrogen-bond donors (Lipinski definition) is 2. The van der Waals surface area contributed by atoms with Crippen LogP contribution in [0.5, 0.6) is 0 Å². The van der Waals surface area contributed by atoms with Crippen LogP contribution in [0.15, 0.2) is 24.3 Å². The van der Waals surface area contributed by atoms with Crippen LogP contribution in [0.1, 0.15) is 36.8 Å². The molecule has 1 aromatic heterocycles. The third kappa shape index (κ3) is 2.80. The van der Waals surface area contributed by atoms with E-state index < -0.39 is 0 Å². The Labute approximate surface area is 122 Å². The molecule has 3 rings (SSSR count). The maximum absolute atomic E-state index is 10.9. The molecule has 0 aliphatic carbocycles. The summed E-state index contributed by atoms with van der Waals surface area (Å²) >= 11 is 0. The summed E-state index contributed by atoms with van der Waals surface area (Å²) in [4.78, 5) is 18.5.